The molecule has 0 unspecified atom stereocenters. The number of benzene rings is 1. The van der Waals surface area contributed by atoms with E-state index in [0.29, 0.717) is 0 Å². The fourth-order valence-corrected chi connectivity index (χ4v) is 1.45. The van der Waals surface area contributed by atoms with Crippen LogP contribution in [0.3, 0.4) is 0 Å². The Labute approximate surface area is 103 Å². The molecule has 0 N–H and O–H groups in total. The molecule has 0 heterocycles. The zero-order valence-electron chi connectivity index (χ0n) is 9.98. The van der Waals surface area contributed by atoms with Crippen LogP contribution in [0.25, 0.3) is 0 Å². The van der Waals surface area contributed by atoms with Crippen molar-refractivity contribution in [3.63, 3.8) is 0 Å². The van der Waals surface area contributed by atoms with Crippen LogP contribution in [-0.4, -0.2) is 30.6 Å². The van der Waals surface area contributed by atoms with Crippen molar-refractivity contribution in [2.24, 2.45) is 0 Å². The Hall–Kier alpha value is -1.09. The maximum absolute atomic E-state index is 5.59. The summed E-state index contributed by atoms with van der Waals surface area (Å²) < 4.78 is 5.59. The van der Waals surface area contributed by atoms with E-state index in [2.05, 4.69) is 0 Å². The zero-order chi connectivity index (χ0) is 11.8. The standard InChI is InChI=1S/C13H19NOS/c1-14(2)13(16)10-6-7-11-15-12-8-4-3-5-9-12/h3-5,8-9H,6-7,10-11H2,1-2H3. The third-order valence-corrected chi connectivity index (χ3v) is 2.86. The van der Waals surface area contributed by atoms with Gasteiger partial charge in [-0.3, -0.25) is 0 Å². The number of rotatable bonds is 6. The summed E-state index contributed by atoms with van der Waals surface area (Å²) in [6.07, 6.45) is 3.10. The van der Waals surface area contributed by atoms with Gasteiger partial charge in [0.25, 0.3) is 0 Å². The highest BCUT2D eigenvalue weighted by Crippen LogP contribution is 2.09. The van der Waals surface area contributed by atoms with Crippen molar-refractivity contribution in [1.29, 1.82) is 0 Å². The lowest BCUT2D eigenvalue weighted by Crippen LogP contribution is -2.19. The lowest BCUT2D eigenvalue weighted by Gasteiger charge is -2.13. The van der Waals surface area contributed by atoms with Crippen LogP contribution in [0.2, 0.25) is 0 Å². The normalized spacial score (nSPS) is 9.88. The van der Waals surface area contributed by atoms with Crippen LogP contribution in [0.4, 0.5) is 0 Å². The summed E-state index contributed by atoms with van der Waals surface area (Å²) in [5, 5.41) is 0. The Bertz CT molecular complexity index is 311. The van der Waals surface area contributed by atoms with Gasteiger partial charge in [0.1, 0.15) is 5.75 Å². The number of thiocarbonyl (C=S) groups is 1. The molecule has 0 amide bonds. The lowest BCUT2D eigenvalue weighted by molar-refractivity contribution is 0.307. The first-order valence-corrected chi connectivity index (χ1v) is 5.99. The number of ether oxygens (including phenoxy) is 1. The van der Waals surface area contributed by atoms with E-state index in [1.165, 1.54) is 0 Å². The highest BCUT2D eigenvalue weighted by Gasteiger charge is 1.98. The van der Waals surface area contributed by atoms with Gasteiger partial charge in [-0.25, -0.2) is 0 Å². The van der Waals surface area contributed by atoms with Gasteiger partial charge in [0.05, 0.1) is 11.6 Å². The monoisotopic (exact) mass is 237 g/mol. The van der Waals surface area contributed by atoms with Gasteiger partial charge in [0.2, 0.25) is 0 Å². The van der Waals surface area contributed by atoms with Gasteiger partial charge in [-0.2, -0.15) is 0 Å². The van der Waals surface area contributed by atoms with Gasteiger partial charge in [-0.05, 0) is 31.4 Å². The summed E-state index contributed by atoms with van der Waals surface area (Å²) in [6.45, 7) is 0.764. The third-order valence-electron chi connectivity index (χ3n) is 2.30. The summed E-state index contributed by atoms with van der Waals surface area (Å²) in [5.41, 5.74) is 0. The molecule has 0 saturated heterocycles. The molecule has 0 aliphatic heterocycles. The molecule has 1 rings (SSSR count). The highest BCUT2D eigenvalue weighted by molar-refractivity contribution is 7.80. The first-order valence-electron chi connectivity index (χ1n) is 5.58. The van der Waals surface area contributed by atoms with E-state index in [4.69, 9.17) is 17.0 Å². The second-order valence-corrected chi connectivity index (χ2v) is 4.38. The summed E-state index contributed by atoms with van der Waals surface area (Å²) in [6, 6.07) is 9.91. The Morgan fingerprint density at radius 3 is 2.50 bits per heavy atom. The van der Waals surface area contributed by atoms with Crippen LogP contribution in [0, 0.1) is 0 Å². The van der Waals surface area contributed by atoms with E-state index < -0.39 is 0 Å². The summed E-state index contributed by atoms with van der Waals surface area (Å²) in [7, 11) is 3.98. The second kappa shape index (κ2) is 7.23. The molecule has 0 bridgehead atoms. The zero-order valence-corrected chi connectivity index (χ0v) is 10.8. The Balaban J connectivity index is 2.07. The molecule has 3 heteroatoms. The first kappa shape index (κ1) is 13.0. The molecular formula is C13H19NOS. The molecule has 0 spiro atoms. The molecule has 16 heavy (non-hydrogen) atoms. The molecule has 0 aliphatic carbocycles. The van der Waals surface area contributed by atoms with E-state index in [-0.39, 0.29) is 0 Å². The lowest BCUT2D eigenvalue weighted by atomic mass is 10.2. The molecule has 1 aromatic carbocycles. The van der Waals surface area contributed by atoms with Crippen molar-refractivity contribution in [1.82, 2.24) is 4.90 Å². The minimum Gasteiger partial charge on any atom is -0.494 e. The Morgan fingerprint density at radius 1 is 1.19 bits per heavy atom. The van der Waals surface area contributed by atoms with Gasteiger partial charge >= 0.3 is 0 Å². The summed E-state index contributed by atoms with van der Waals surface area (Å²) in [5.74, 6) is 0.942. The van der Waals surface area contributed by atoms with Crippen LogP contribution >= 0.6 is 12.2 Å². The maximum atomic E-state index is 5.59. The van der Waals surface area contributed by atoms with Crippen molar-refractivity contribution in [3.8, 4) is 5.75 Å². The predicted molar refractivity (Wildman–Crippen MR) is 72.1 cm³/mol. The molecule has 0 fully saturated rings. The van der Waals surface area contributed by atoms with Crippen LogP contribution in [0.15, 0.2) is 30.3 Å². The van der Waals surface area contributed by atoms with Crippen LogP contribution in [0.1, 0.15) is 19.3 Å². The number of unbranched alkanes of at least 4 members (excludes halogenated alkanes) is 1. The third kappa shape index (κ3) is 5.12. The molecule has 0 aromatic heterocycles. The predicted octanol–water partition coefficient (Wildman–Crippen LogP) is 3.12. The first-order chi connectivity index (χ1) is 7.70. The average molecular weight is 237 g/mol. The number of nitrogens with zero attached hydrogens (tertiary/aromatic N) is 1. The highest BCUT2D eigenvalue weighted by atomic mass is 32.1. The minimum absolute atomic E-state index is 0.764. The fourth-order valence-electron chi connectivity index (χ4n) is 1.31. The van der Waals surface area contributed by atoms with Crippen molar-refractivity contribution >= 4 is 17.2 Å². The van der Waals surface area contributed by atoms with Crippen molar-refractivity contribution in [2.45, 2.75) is 19.3 Å². The largest absolute Gasteiger partial charge is 0.494 e. The number of para-hydroxylation sites is 1. The van der Waals surface area contributed by atoms with E-state index >= 15 is 0 Å². The molecule has 88 valence electrons. The Morgan fingerprint density at radius 2 is 1.88 bits per heavy atom. The van der Waals surface area contributed by atoms with Gasteiger partial charge in [0, 0.05) is 14.1 Å². The summed E-state index contributed by atoms with van der Waals surface area (Å²) >= 11 is 5.21. The molecule has 0 radical (unpaired) electrons. The molecule has 2 nitrogen and oxygen atoms in total. The van der Waals surface area contributed by atoms with Crippen LogP contribution in [-0.2, 0) is 0 Å². The van der Waals surface area contributed by atoms with Crippen molar-refractivity contribution < 1.29 is 4.74 Å². The van der Waals surface area contributed by atoms with Crippen LogP contribution < -0.4 is 4.74 Å². The molecular weight excluding hydrogens is 218 g/mol. The van der Waals surface area contributed by atoms with E-state index in [9.17, 15) is 0 Å². The maximum Gasteiger partial charge on any atom is 0.119 e. The van der Waals surface area contributed by atoms with Gasteiger partial charge in [0.15, 0.2) is 0 Å². The topological polar surface area (TPSA) is 12.5 Å². The van der Waals surface area contributed by atoms with Gasteiger partial charge < -0.3 is 9.64 Å². The van der Waals surface area contributed by atoms with E-state index in [1.54, 1.807) is 0 Å². The fraction of sp³-hybridized carbons (Fsp3) is 0.462. The van der Waals surface area contributed by atoms with E-state index in [0.717, 1.165) is 36.6 Å². The minimum atomic E-state index is 0.764. The quantitative estimate of drug-likeness (QED) is 0.557. The van der Waals surface area contributed by atoms with Crippen molar-refractivity contribution in [3.05, 3.63) is 30.3 Å². The SMILES string of the molecule is CN(C)C(=S)CCCCOc1ccccc1. The second-order valence-electron chi connectivity index (χ2n) is 3.91. The smallest absolute Gasteiger partial charge is 0.119 e. The molecule has 1 aromatic rings. The van der Waals surface area contributed by atoms with Gasteiger partial charge in [-0.1, -0.05) is 30.4 Å². The van der Waals surface area contributed by atoms with Crippen molar-refractivity contribution in [2.75, 3.05) is 20.7 Å². The molecule has 0 atom stereocenters. The Kier molecular flexibility index (Phi) is 5.86. The number of hydrogen-bond acceptors (Lipinski definition) is 2. The van der Waals surface area contributed by atoms with Crippen LogP contribution in [0.5, 0.6) is 5.75 Å². The average Bonchev–Trinajstić information content (AvgIpc) is 2.29. The number of hydrogen-bond donors (Lipinski definition) is 0. The van der Waals surface area contributed by atoms with Gasteiger partial charge in [-0.15, -0.1) is 0 Å². The van der Waals surface area contributed by atoms with E-state index in [1.807, 2.05) is 49.3 Å². The summed E-state index contributed by atoms with van der Waals surface area (Å²) in [4.78, 5) is 3.01. The molecule has 0 aliphatic rings. The molecule has 0 saturated carbocycles.